The first kappa shape index (κ1) is 41.9. The number of thiol groups is 1. The first-order valence-corrected chi connectivity index (χ1v) is 19.5. The van der Waals surface area contributed by atoms with Crippen LogP contribution in [0.2, 0.25) is 5.02 Å². The number of ether oxygens (including phenoxy) is 1. The fourth-order valence-corrected chi connectivity index (χ4v) is 9.47. The Hall–Kier alpha value is -3.22. The van der Waals surface area contributed by atoms with Gasteiger partial charge in [0.15, 0.2) is 0 Å². The van der Waals surface area contributed by atoms with Gasteiger partial charge >= 0.3 is 0 Å². The topological polar surface area (TPSA) is 138 Å². The third kappa shape index (κ3) is 9.07. The van der Waals surface area contributed by atoms with E-state index in [0.29, 0.717) is 41.4 Å². The Morgan fingerprint density at radius 2 is 1.70 bits per heavy atom. The largest absolute Gasteiger partial charge is 0.377 e. The molecule has 4 aliphatic rings. The average Bonchev–Trinajstić information content (AvgIpc) is 3.29. The lowest BCUT2D eigenvalue weighted by Crippen LogP contribution is -2.58. The van der Waals surface area contributed by atoms with Crippen molar-refractivity contribution in [3.63, 3.8) is 0 Å². The highest BCUT2D eigenvalue weighted by Crippen LogP contribution is 2.42. The lowest BCUT2D eigenvalue weighted by molar-refractivity contribution is -0.134. The van der Waals surface area contributed by atoms with Gasteiger partial charge < -0.3 is 10.1 Å². The van der Waals surface area contributed by atoms with Gasteiger partial charge in [-0.3, -0.25) is 44.1 Å². The molecule has 12 nitrogen and oxygen atoms in total. The van der Waals surface area contributed by atoms with Gasteiger partial charge in [0.25, 0.3) is 0 Å². The summed E-state index contributed by atoms with van der Waals surface area (Å²) < 4.78 is 6.40. The number of nitrogens with zero attached hydrogens (tertiary/aromatic N) is 5. The first-order chi connectivity index (χ1) is 25.3. The minimum Gasteiger partial charge on any atom is -0.377 e. The minimum atomic E-state index is -0.744. The molecule has 292 valence electrons. The normalized spacial score (nSPS) is 27.9. The van der Waals surface area contributed by atoms with Crippen molar-refractivity contribution in [3.8, 4) is 6.07 Å². The van der Waals surface area contributed by atoms with Crippen molar-refractivity contribution in [1.82, 2.24) is 20.0 Å². The lowest BCUT2D eigenvalue weighted by atomic mass is 9.89. The zero-order chi connectivity index (χ0) is 38.0. The number of halogens is 2. The van der Waals surface area contributed by atoms with Crippen LogP contribution in [0.15, 0.2) is 42.5 Å². The van der Waals surface area contributed by atoms with E-state index in [1.54, 1.807) is 23.1 Å². The van der Waals surface area contributed by atoms with Crippen LogP contribution in [0.3, 0.4) is 0 Å². The Labute approximate surface area is 334 Å². The molecule has 2 N–H and O–H groups in total. The SMILES string of the molecule is C[C@@H]1CN(CCOC2CCC(N3C(S)N(c4ccc(C#N)c(Cl)c4)C(=O)C3(C)C)CC2)C[C@H](C)N1CC(=O)Nc1ccc(C2CCC(=O)NC2=O)cc1.Cl. The van der Waals surface area contributed by atoms with Gasteiger partial charge in [-0.1, -0.05) is 23.7 Å². The summed E-state index contributed by atoms with van der Waals surface area (Å²) in [5.74, 6) is -0.987. The molecule has 2 aromatic rings. The molecule has 4 fully saturated rings. The maximum atomic E-state index is 13.6. The van der Waals surface area contributed by atoms with Crippen molar-refractivity contribution in [2.24, 2.45) is 0 Å². The number of rotatable bonds is 10. The molecule has 2 aromatic carbocycles. The summed E-state index contributed by atoms with van der Waals surface area (Å²) in [6.07, 6.45) is 4.60. The highest BCUT2D eigenvalue weighted by Gasteiger charge is 2.54. The van der Waals surface area contributed by atoms with Gasteiger partial charge in [0.1, 0.15) is 11.6 Å². The molecular weight excluding hydrogens is 749 g/mol. The summed E-state index contributed by atoms with van der Waals surface area (Å²) in [5, 5.41) is 15.0. The summed E-state index contributed by atoms with van der Waals surface area (Å²) >= 11 is 11.2. The van der Waals surface area contributed by atoms with Crippen LogP contribution in [-0.2, 0) is 23.9 Å². The molecule has 0 radical (unpaired) electrons. The summed E-state index contributed by atoms with van der Waals surface area (Å²) in [6, 6.07) is 15.0. The Kier molecular flexibility index (Phi) is 13.8. The molecule has 3 heterocycles. The molecule has 1 saturated carbocycles. The van der Waals surface area contributed by atoms with E-state index >= 15 is 0 Å². The number of imide groups is 1. The van der Waals surface area contributed by atoms with Crippen molar-refractivity contribution in [3.05, 3.63) is 58.6 Å². The average molecular weight is 801 g/mol. The number of piperidine rings is 1. The summed E-state index contributed by atoms with van der Waals surface area (Å²) in [4.78, 5) is 58.9. The number of amides is 4. The number of carbonyl (C=O) groups is 4. The standard InChI is InChI=1S/C39H50ClN7O5S.ClH/c1-24-21-44(22-25(2)45(24)23-35(49)42-28-8-5-26(6-9-28)32-15-16-34(48)43-36(32)50)17-18-52-31-13-11-29(12-14-31)47-38(53)46(37(51)39(47,3)4)30-10-7-27(20-41)33(40)19-30;/h5-10,19,24-25,29,31-32,38,53H,11-18,21-23H2,1-4H3,(H,42,49)(H,43,48,50);1H/t24-,25+,29?,31?,32?,38?;. The van der Waals surface area contributed by atoms with Crippen LogP contribution in [-0.4, -0.2) is 106 Å². The minimum absolute atomic E-state index is 0. The van der Waals surface area contributed by atoms with Gasteiger partial charge in [0, 0.05) is 55.6 Å². The Balaban J connectivity index is 0.00000561. The van der Waals surface area contributed by atoms with Gasteiger partial charge in [0.2, 0.25) is 23.6 Å². The zero-order valence-corrected chi connectivity index (χ0v) is 33.8. The van der Waals surface area contributed by atoms with Gasteiger partial charge in [-0.25, -0.2) is 0 Å². The molecule has 2 unspecified atom stereocenters. The molecule has 6 rings (SSSR count). The second-order valence-electron chi connectivity index (χ2n) is 15.4. The maximum absolute atomic E-state index is 13.6. The van der Waals surface area contributed by atoms with Crippen molar-refractivity contribution < 1.29 is 23.9 Å². The monoisotopic (exact) mass is 799 g/mol. The first-order valence-electron chi connectivity index (χ1n) is 18.6. The molecule has 4 atom stereocenters. The van der Waals surface area contributed by atoms with E-state index in [1.165, 1.54) is 0 Å². The predicted octanol–water partition coefficient (Wildman–Crippen LogP) is 5.16. The van der Waals surface area contributed by atoms with Crippen LogP contribution in [0.1, 0.15) is 83.3 Å². The number of benzene rings is 2. The van der Waals surface area contributed by atoms with Crippen molar-refractivity contribution in [2.75, 3.05) is 43.0 Å². The van der Waals surface area contributed by atoms with E-state index in [9.17, 15) is 24.4 Å². The molecule has 15 heteroatoms. The quantitative estimate of drug-likeness (QED) is 0.220. The third-order valence-corrected chi connectivity index (χ3v) is 12.1. The molecule has 54 heavy (non-hydrogen) atoms. The van der Waals surface area contributed by atoms with Crippen LogP contribution < -0.4 is 15.5 Å². The van der Waals surface area contributed by atoms with Crippen LogP contribution in [0.4, 0.5) is 11.4 Å². The van der Waals surface area contributed by atoms with Crippen LogP contribution in [0.5, 0.6) is 0 Å². The number of hydrogen-bond acceptors (Lipinski definition) is 10. The molecule has 4 amide bonds. The van der Waals surface area contributed by atoms with Crippen LogP contribution in [0.25, 0.3) is 0 Å². The van der Waals surface area contributed by atoms with Gasteiger partial charge in [-0.2, -0.15) is 5.26 Å². The second kappa shape index (κ2) is 17.7. The van der Waals surface area contributed by atoms with Gasteiger partial charge in [0.05, 0.1) is 41.3 Å². The van der Waals surface area contributed by atoms with Crippen LogP contribution in [0, 0.1) is 11.3 Å². The Bertz CT molecular complexity index is 1740. The fourth-order valence-electron chi connectivity index (χ4n) is 8.54. The molecule has 0 spiro atoms. The lowest BCUT2D eigenvalue weighted by Gasteiger charge is -2.44. The predicted molar refractivity (Wildman–Crippen MR) is 214 cm³/mol. The summed E-state index contributed by atoms with van der Waals surface area (Å²) in [6.45, 7) is 11.6. The fraction of sp³-hybridized carbons (Fsp3) is 0.564. The van der Waals surface area contributed by atoms with Gasteiger partial charge in [-0.15, -0.1) is 25.0 Å². The number of nitrogens with one attached hydrogen (secondary N) is 2. The Morgan fingerprint density at radius 3 is 2.31 bits per heavy atom. The maximum Gasteiger partial charge on any atom is 0.249 e. The van der Waals surface area contributed by atoms with Crippen molar-refractivity contribution >= 4 is 71.6 Å². The number of carbonyl (C=O) groups excluding carboxylic acids is 4. The van der Waals surface area contributed by atoms with Crippen molar-refractivity contribution in [2.45, 2.75) is 107 Å². The number of piperazine rings is 1. The molecule has 0 bridgehead atoms. The molecule has 3 aliphatic heterocycles. The van der Waals surface area contributed by atoms with E-state index in [-0.39, 0.29) is 72.7 Å². The van der Waals surface area contributed by atoms with E-state index in [0.717, 1.165) is 50.9 Å². The van der Waals surface area contributed by atoms with E-state index in [4.69, 9.17) is 29.0 Å². The number of hydrogen-bond donors (Lipinski definition) is 3. The van der Waals surface area contributed by atoms with E-state index < -0.39 is 11.0 Å². The Morgan fingerprint density at radius 1 is 1.04 bits per heavy atom. The number of anilines is 2. The van der Waals surface area contributed by atoms with Crippen LogP contribution >= 0.6 is 36.6 Å². The van der Waals surface area contributed by atoms with E-state index in [2.05, 4.69) is 45.3 Å². The molecule has 0 aromatic heterocycles. The van der Waals surface area contributed by atoms with Gasteiger partial charge in [-0.05, 0) is 95.7 Å². The highest BCUT2D eigenvalue weighted by atomic mass is 35.5. The number of nitriles is 1. The molecule has 3 saturated heterocycles. The molecular formula is C39H51Cl2N7O5S. The smallest absolute Gasteiger partial charge is 0.249 e. The molecule has 1 aliphatic carbocycles. The summed E-state index contributed by atoms with van der Waals surface area (Å²) in [7, 11) is 0. The summed E-state index contributed by atoms with van der Waals surface area (Å²) in [5.41, 5.74) is 1.32. The second-order valence-corrected chi connectivity index (χ2v) is 16.2. The highest BCUT2D eigenvalue weighted by molar-refractivity contribution is 7.81. The van der Waals surface area contributed by atoms with E-state index in [1.807, 2.05) is 38.1 Å². The van der Waals surface area contributed by atoms with Crippen molar-refractivity contribution in [1.29, 1.82) is 5.26 Å². The zero-order valence-electron chi connectivity index (χ0n) is 31.3. The third-order valence-electron chi connectivity index (χ3n) is 11.4.